The van der Waals surface area contributed by atoms with Gasteiger partial charge in [-0.25, -0.2) is 0 Å². The van der Waals surface area contributed by atoms with Gasteiger partial charge in [0.2, 0.25) is 5.91 Å². The Bertz CT molecular complexity index is 680. The van der Waals surface area contributed by atoms with E-state index in [1.807, 2.05) is 4.90 Å². The molecule has 0 aliphatic carbocycles. The molecule has 0 spiro atoms. The number of carbonyl (C=O) groups is 2. The maximum absolute atomic E-state index is 12.4. The molecular formula is C14H17N3O4. The van der Waals surface area contributed by atoms with Crippen LogP contribution in [-0.2, 0) is 16.1 Å². The SMILES string of the molecule is Cc1cc2c(c(=O)n1CC(=O)O)NC(=O)[C@@H]1CCCCN21. The predicted octanol–water partition coefficient (Wildman–Crippen LogP) is 0.552. The molecule has 1 atom stereocenters. The zero-order chi connectivity index (χ0) is 15.1. The van der Waals surface area contributed by atoms with Crippen molar-refractivity contribution < 1.29 is 14.7 Å². The molecule has 1 aromatic heterocycles. The van der Waals surface area contributed by atoms with Gasteiger partial charge in [0, 0.05) is 12.2 Å². The Morgan fingerprint density at radius 3 is 2.90 bits per heavy atom. The van der Waals surface area contributed by atoms with Gasteiger partial charge in [-0.05, 0) is 32.3 Å². The minimum absolute atomic E-state index is 0.176. The molecule has 0 bridgehead atoms. The standard InChI is InChI=1S/C14H17N3O4/c1-8-6-10-12(14(21)17(8)7-11(18)19)15-13(20)9-4-2-3-5-16(9)10/h6,9H,2-5,7H2,1H3,(H,15,20)(H,18,19)/t9-/m0/s1. The van der Waals surface area contributed by atoms with E-state index in [2.05, 4.69) is 5.32 Å². The summed E-state index contributed by atoms with van der Waals surface area (Å²) >= 11 is 0. The third-order valence-electron chi connectivity index (χ3n) is 4.14. The van der Waals surface area contributed by atoms with Crippen LogP contribution in [0.3, 0.4) is 0 Å². The summed E-state index contributed by atoms with van der Waals surface area (Å²) < 4.78 is 1.17. The van der Waals surface area contributed by atoms with Gasteiger partial charge in [0.15, 0.2) is 0 Å². The smallest absolute Gasteiger partial charge is 0.323 e. The van der Waals surface area contributed by atoms with Crippen LogP contribution in [0.15, 0.2) is 10.9 Å². The summed E-state index contributed by atoms with van der Waals surface area (Å²) in [5, 5.41) is 11.6. The number of aliphatic carboxylic acids is 1. The molecule has 1 aromatic rings. The largest absolute Gasteiger partial charge is 0.480 e. The van der Waals surface area contributed by atoms with Gasteiger partial charge in [0.1, 0.15) is 18.3 Å². The molecule has 1 amide bonds. The van der Waals surface area contributed by atoms with Crippen LogP contribution >= 0.6 is 0 Å². The number of aryl methyl sites for hydroxylation is 1. The first-order valence-corrected chi connectivity index (χ1v) is 7.03. The summed E-state index contributed by atoms with van der Waals surface area (Å²) in [6.45, 7) is 2.05. The predicted molar refractivity (Wildman–Crippen MR) is 76.7 cm³/mol. The number of fused-ring (bicyclic) bond motifs is 3. The summed E-state index contributed by atoms with van der Waals surface area (Å²) in [5.41, 5.74) is 1.04. The molecule has 112 valence electrons. The van der Waals surface area contributed by atoms with Gasteiger partial charge in [0.05, 0.1) is 5.69 Å². The van der Waals surface area contributed by atoms with Crippen LogP contribution in [0.2, 0.25) is 0 Å². The molecule has 0 unspecified atom stereocenters. The van der Waals surface area contributed by atoms with Crippen LogP contribution in [0, 0.1) is 6.92 Å². The van der Waals surface area contributed by atoms with Crippen molar-refractivity contribution in [1.29, 1.82) is 0 Å². The lowest BCUT2D eigenvalue weighted by molar-refractivity contribution is -0.137. The average molecular weight is 291 g/mol. The molecule has 3 rings (SSSR count). The van der Waals surface area contributed by atoms with Crippen molar-refractivity contribution in [2.75, 3.05) is 16.8 Å². The van der Waals surface area contributed by atoms with E-state index in [0.29, 0.717) is 11.4 Å². The number of hydrogen-bond acceptors (Lipinski definition) is 4. The number of aromatic nitrogens is 1. The fourth-order valence-electron chi connectivity index (χ4n) is 3.13. The summed E-state index contributed by atoms with van der Waals surface area (Å²) in [7, 11) is 0. The minimum atomic E-state index is -1.09. The third-order valence-corrected chi connectivity index (χ3v) is 4.14. The zero-order valence-electron chi connectivity index (χ0n) is 11.8. The highest BCUT2D eigenvalue weighted by Gasteiger charge is 2.36. The summed E-state index contributed by atoms with van der Waals surface area (Å²) in [4.78, 5) is 37.4. The fourth-order valence-corrected chi connectivity index (χ4v) is 3.13. The molecule has 3 heterocycles. The van der Waals surface area contributed by atoms with E-state index >= 15 is 0 Å². The van der Waals surface area contributed by atoms with Gasteiger partial charge in [0.25, 0.3) is 5.56 Å². The second kappa shape index (κ2) is 4.91. The van der Waals surface area contributed by atoms with E-state index in [1.54, 1.807) is 13.0 Å². The summed E-state index contributed by atoms with van der Waals surface area (Å²) in [5.74, 6) is -1.26. The lowest BCUT2D eigenvalue weighted by Gasteiger charge is -2.41. The zero-order valence-corrected chi connectivity index (χ0v) is 11.8. The monoisotopic (exact) mass is 291 g/mol. The van der Waals surface area contributed by atoms with Crippen molar-refractivity contribution in [3.05, 3.63) is 22.1 Å². The highest BCUT2D eigenvalue weighted by Crippen LogP contribution is 2.34. The van der Waals surface area contributed by atoms with Crippen LogP contribution in [0.5, 0.6) is 0 Å². The molecule has 1 fully saturated rings. The molecule has 7 nitrogen and oxygen atoms in total. The highest BCUT2D eigenvalue weighted by atomic mass is 16.4. The number of anilines is 2. The number of carboxylic acid groups (broad SMARTS) is 1. The quantitative estimate of drug-likeness (QED) is 0.830. The molecule has 2 aliphatic heterocycles. The highest BCUT2D eigenvalue weighted by molar-refractivity contribution is 6.03. The Hall–Kier alpha value is -2.31. The first-order valence-electron chi connectivity index (χ1n) is 7.03. The summed E-state index contributed by atoms with van der Waals surface area (Å²) in [6, 6.07) is 1.57. The second-order valence-corrected chi connectivity index (χ2v) is 5.53. The number of pyridine rings is 1. The van der Waals surface area contributed by atoms with Crippen LogP contribution in [0.25, 0.3) is 0 Å². The Morgan fingerprint density at radius 1 is 1.43 bits per heavy atom. The number of amides is 1. The van der Waals surface area contributed by atoms with Crippen molar-refractivity contribution in [3.63, 3.8) is 0 Å². The van der Waals surface area contributed by atoms with Crippen molar-refractivity contribution >= 4 is 23.3 Å². The molecule has 1 saturated heterocycles. The summed E-state index contributed by atoms with van der Waals surface area (Å²) in [6.07, 6.45) is 2.77. The second-order valence-electron chi connectivity index (χ2n) is 5.53. The Labute approximate surface area is 121 Å². The number of carboxylic acids is 1. The number of hydrogen-bond donors (Lipinski definition) is 2. The Morgan fingerprint density at radius 2 is 2.19 bits per heavy atom. The van der Waals surface area contributed by atoms with Gasteiger partial charge >= 0.3 is 5.97 Å². The number of nitrogens with zero attached hydrogens (tertiary/aromatic N) is 2. The molecular weight excluding hydrogens is 274 g/mol. The van der Waals surface area contributed by atoms with E-state index in [4.69, 9.17) is 5.11 Å². The lowest BCUT2D eigenvalue weighted by atomic mass is 9.97. The van der Waals surface area contributed by atoms with E-state index in [-0.39, 0.29) is 17.6 Å². The van der Waals surface area contributed by atoms with Gasteiger partial charge in [-0.3, -0.25) is 19.0 Å². The fraction of sp³-hybridized carbons (Fsp3) is 0.500. The average Bonchev–Trinajstić information content (AvgIpc) is 2.45. The van der Waals surface area contributed by atoms with E-state index in [1.165, 1.54) is 4.57 Å². The van der Waals surface area contributed by atoms with Crippen molar-refractivity contribution in [2.45, 2.75) is 38.8 Å². The molecule has 0 aromatic carbocycles. The van der Waals surface area contributed by atoms with E-state index in [0.717, 1.165) is 25.8 Å². The normalized spacial score (nSPS) is 20.5. The van der Waals surface area contributed by atoms with E-state index < -0.39 is 18.1 Å². The molecule has 0 saturated carbocycles. The number of rotatable bonds is 2. The van der Waals surface area contributed by atoms with Crippen molar-refractivity contribution in [2.24, 2.45) is 0 Å². The van der Waals surface area contributed by atoms with Crippen molar-refractivity contribution in [1.82, 2.24) is 4.57 Å². The molecule has 2 aliphatic rings. The topological polar surface area (TPSA) is 91.6 Å². The van der Waals surface area contributed by atoms with Crippen LogP contribution in [-0.4, -0.2) is 34.1 Å². The number of piperidine rings is 1. The first kappa shape index (κ1) is 13.7. The molecule has 7 heteroatoms. The maximum Gasteiger partial charge on any atom is 0.323 e. The molecule has 21 heavy (non-hydrogen) atoms. The van der Waals surface area contributed by atoms with Crippen LogP contribution in [0.1, 0.15) is 25.0 Å². The lowest BCUT2D eigenvalue weighted by Crippen LogP contribution is -2.52. The third kappa shape index (κ3) is 2.18. The van der Waals surface area contributed by atoms with Gasteiger partial charge < -0.3 is 15.3 Å². The Balaban J connectivity index is 2.13. The number of nitrogens with one attached hydrogen (secondary N) is 1. The Kier molecular flexibility index (Phi) is 3.19. The van der Waals surface area contributed by atoms with Crippen molar-refractivity contribution in [3.8, 4) is 0 Å². The van der Waals surface area contributed by atoms with Crippen LogP contribution in [0.4, 0.5) is 11.4 Å². The van der Waals surface area contributed by atoms with Crippen LogP contribution < -0.4 is 15.8 Å². The number of carbonyl (C=O) groups excluding carboxylic acids is 1. The van der Waals surface area contributed by atoms with Gasteiger partial charge in [-0.15, -0.1) is 0 Å². The van der Waals surface area contributed by atoms with Gasteiger partial charge in [-0.1, -0.05) is 0 Å². The maximum atomic E-state index is 12.4. The first-order chi connectivity index (χ1) is 9.99. The molecule has 0 radical (unpaired) electrons. The van der Waals surface area contributed by atoms with Gasteiger partial charge in [-0.2, -0.15) is 0 Å². The minimum Gasteiger partial charge on any atom is -0.480 e. The molecule has 2 N–H and O–H groups in total. The van der Waals surface area contributed by atoms with E-state index in [9.17, 15) is 14.4 Å².